The Morgan fingerprint density at radius 1 is 1.18 bits per heavy atom. The summed E-state index contributed by atoms with van der Waals surface area (Å²) < 4.78 is 3.86. The van der Waals surface area contributed by atoms with Crippen molar-refractivity contribution in [1.82, 2.24) is 5.32 Å². The molecule has 0 saturated heterocycles. The molecular formula is C13H31NO3. The lowest BCUT2D eigenvalue weighted by Gasteiger charge is -2.14. The van der Waals surface area contributed by atoms with Crippen molar-refractivity contribution in [3.8, 4) is 0 Å². The van der Waals surface area contributed by atoms with E-state index in [-0.39, 0.29) is 6.04 Å². The van der Waals surface area contributed by atoms with E-state index in [1.807, 2.05) is 34.7 Å². The first kappa shape index (κ1) is 25.1. The number of ether oxygens (including phenoxy) is 1. The van der Waals surface area contributed by atoms with Crippen molar-refractivity contribution in [2.45, 2.75) is 54.0 Å². The monoisotopic (exact) mass is 249 g/mol. The summed E-state index contributed by atoms with van der Waals surface area (Å²) in [7, 11) is 3.12. The van der Waals surface area contributed by atoms with E-state index >= 15 is 0 Å². The first-order valence-electron chi connectivity index (χ1n) is 6.26. The highest BCUT2D eigenvalue weighted by atomic mass is 16.5. The van der Waals surface area contributed by atoms with Gasteiger partial charge in [0.15, 0.2) is 0 Å². The minimum absolute atomic E-state index is 0.0370. The van der Waals surface area contributed by atoms with Gasteiger partial charge in [0.05, 0.1) is 13.2 Å². The van der Waals surface area contributed by atoms with Gasteiger partial charge in [-0.05, 0) is 13.0 Å². The number of hydrogen-bond acceptors (Lipinski definition) is 4. The van der Waals surface area contributed by atoms with Crippen LogP contribution in [0.4, 0.5) is 0 Å². The van der Waals surface area contributed by atoms with Crippen LogP contribution in [0.15, 0.2) is 0 Å². The number of hydrogen-bond donors (Lipinski definition) is 1. The third-order valence-electron chi connectivity index (χ3n) is 1.83. The molecule has 0 aromatic rings. The molecule has 17 heavy (non-hydrogen) atoms. The molecule has 4 nitrogen and oxygen atoms in total. The first-order chi connectivity index (χ1) is 8.17. The quantitative estimate of drug-likeness (QED) is 0.761. The van der Waals surface area contributed by atoms with Gasteiger partial charge < -0.3 is 14.8 Å². The number of carbonyl (C=O) groups is 2. The molecular weight excluding hydrogens is 218 g/mol. The molecule has 0 fully saturated rings. The molecule has 0 heterocycles. The number of carbonyl (C=O) groups excluding carboxylic acids is 2. The highest BCUT2D eigenvalue weighted by Crippen LogP contribution is 2.03. The van der Waals surface area contributed by atoms with Crippen LogP contribution in [0, 0.1) is 5.92 Å². The van der Waals surface area contributed by atoms with Crippen LogP contribution in [-0.4, -0.2) is 33.0 Å². The number of rotatable bonds is 5. The number of aldehydes is 1. The molecule has 0 amide bonds. The minimum atomic E-state index is 0.0370. The lowest BCUT2D eigenvalue weighted by molar-refractivity contribution is -0.126. The SMILES string of the molecule is CC.CC.CCC(C)C(C=O)NC.COC=O. The van der Waals surface area contributed by atoms with E-state index < -0.39 is 0 Å². The molecule has 0 aliphatic rings. The summed E-state index contributed by atoms with van der Waals surface area (Å²) >= 11 is 0. The maximum absolute atomic E-state index is 10.3. The topological polar surface area (TPSA) is 55.4 Å². The Hall–Kier alpha value is -0.900. The van der Waals surface area contributed by atoms with E-state index in [0.29, 0.717) is 12.4 Å². The molecule has 106 valence electrons. The van der Waals surface area contributed by atoms with Crippen LogP contribution in [-0.2, 0) is 14.3 Å². The summed E-state index contributed by atoms with van der Waals surface area (Å²) in [5, 5.41) is 2.93. The van der Waals surface area contributed by atoms with Crippen LogP contribution < -0.4 is 5.32 Å². The summed E-state index contributed by atoms with van der Waals surface area (Å²) in [6.45, 7) is 12.5. The lowest BCUT2D eigenvalue weighted by Crippen LogP contribution is -2.32. The Balaban J connectivity index is -0.0000000887. The second-order valence-corrected chi connectivity index (χ2v) is 2.67. The lowest BCUT2D eigenvalue weighted by atomic mass is 10.0. The Kier molecular flexibility index (Phi) is 43.4. The van der Waals surface area contributed by atoms with Gasteiger partial charge in [-0.2, -0.15) is 0 Å². The molecule has 0 spiro atoms. The summed E-state index contributed by atoms with van der Waals surface area (Å²) in [6.07, 6.45) is 2.01. The van der Waals surface area contributed by atoms with Gasteiger partial charge in [-0.3, -0.25) is 4.79 Å². The zero-order valence-electron chi connectivity index (χ0n) is 12.7. The predicted octanol–water partition coefficient (Wildman–Crippen LogP) is 2.66. The Morgan fingerprint density at radius 2 is 1.53 bits per heavy atom. The average molecular weight is 249 g/mol. The van der Waals surface area contributed by atoms with Gasteiger partial charge >= 0.3 is 0 Å². The van der Waals surface area contributed by atoms with Crippen molar-refractivity contribution in [3.63, 3.8) is 0 Å². The first-order valence-corrected chi connectivity index (χ1v) is 6.26. The Morgan fingerprint density at radius 3 is 1.59 bits per heavy atom. The van der Waals surface area contributed by atoms with Crippen molar-refractivity contribution in [2.24, 2.45) is 5.92 Å². The van der Waals surface area contributed by atoms with Gasteiger partial charge in [0.25, 0.3) is 6.47 Å². The molecule has 0 aliphatic carbocycles. The summed E-state index contributed by atoms with van der Waals surface area (Å²) in [5.41, 5.74) is 0. The molecule has 0 radical (unpaired) electrons. The fourth-order valence-corrected chi connectivity index (χ4v) is 0.741. The van der Waals surface area contributed by atoms with E-state index in [1.165, 1.54) is 7.11 Å². The third kappa shape index (κ3) is 25.4. The number of nitrogens with one attached hydrogen (secondary N) is 1. The van der Waals surface area contributed by atoms with Gasteiger partial charge in [-0.25, -0.2) is 0 Å². The molecule has 0 aliphatic heterocycles. The third-order valence-corrected chi connectivity index (χ3v) is 1.83. The Bertz CT molecular complexity index is 130. The zero-order chi connectivity index (χ0) is 14.7. The molecule has 2 unspecified atom stereocenters. The summed E-state index contributed by atoms with van der Waals surface area (Å²) in [5.74, 6) is 0.451. The minimum Gasteiger partial charge on any atom is -0.471 e. The highest BCUT2D eigenvalue weighted by Gasteiger charge is 2.10. The van der Waals surface area contributed by atoms with Crippen LogP contribution in [0.2, 0.25) is 0 Å². The second kappa shape index (κ2) is 29.4. The van der Waals surface area contributed by atoms with E-state index in [9.17, 15) is 4.79 Å². The van der Waals surface area contributed by atoms with Crippen molar-refractivity contribution < 1.29 is 14.3 Å². The molecule has 0 aromatic heterocycles. The van der Waals surface area contributed by atoms with E-state index in [1.54, 1.807) is 0 Å². The van der Waals surface area contributed by atoms with Crippen LogP contribution >= 0.6 is 0 Å². The maximum Gasteiger partial charge on any atom is 0.292 e. The molecule has 1 N–H and O–H groups in total. The van der Waals surface area contributed by atoms with Gasteiger partial charge in [0.1, 0.15) is 6.29 Å². The van der Waals surface area contributed by atoms with E-state index in [0.717, 1.165) is 12.7 Å². The fourth-order valence-electron chi connectivity index (χ4n) is 0.741. The van der Waals surface area contributed by atoms with Gasteiger partial charge in [-0.15, -0.1) is 0 Å². The standard InChI is InChI=1S/C7H15NO.C2H4O2.2C2H6/c1-4-6(2)7(5-9)8-3;1-4-2-3;2*1-2/h5-8H,4H2,1-3H3;2H,1H3;2*1-2H3. The predicted molar refractivity (Wildman–Crippen MR) is 74.1 cm³/mol. The summed E-state index contributed by atoms with van der Waals surface area (Å²) in [4.78, 5) is 19.2. The fraction of sp³-hybridized carbons (Fsp3) is 0.846. The number of likely N-dealkylation sites (N-methyl/N-ethyl adjacent to an activating group) is 1. The number of methoxy groups -OCH3 is 1. The van der Waals surface area contributed by atoms with Gasteiger partial charge in [0, 0.05) is 0 Å². The second-order valence-electron chi connectivity index (χ2n) is 2.67. The molecule has 0 aromatic carbocycles. The van der Waals surface area contributed by atoms with Crippen molar-refractivity contribution in [3.05, 3.63) is 0 Å². The van der Waals surface area contributed by atoms with Crippen molar-refractivity contribution >= 4 is 12.8 Å². The van der Waals surface area contributed by atoms with E-state index in [2.05, 4.69) is 23.9 Å². The highest BCUT2D eigenvalue weighted by molar-refractivity contribution is 5.57. The van der Waals surface area contributed by atoms with Crippen LogP contribution in [0.25, 0.3) is 0 Å². The van der Waals surface area contributed by atoms with E-state index in [4.69, 9.17) is 4.79 Å². The van der Waals surface area contributed by atoms with Crippen LogP contribution in [0.1, 0.15) is 48.0 Å². The molecule has 0 saturated carbocycles. The summed E-state index contributed by atoms with van der Waals surface area (Å²) in [6, 6.07) is 0.0370. The molecule has 0 rings (SSSR count). The van der Waals surface area contributed by atoms with Crippen LogP contribution in [0.5, 0.6) is 0 Å². The van der Waals surface area contributed by atoms with Gasteiger partial charge in [0.2, 0.25) is 0 Å². The van der Waals surface area contributed by atoms with Crippen molar-refractivity contribution in [1.29, 1.82) is 0 Å². The van der Waals surface area contributed by atoms with Crippen LogP contribution in [0.3, 0.4) is 0 Å². The smallest absolute Gasteiger partial charge is 0.292 e. The van der Waals surface area contributed by atoms with Gasteiger partial charge in [-0.1, -0.05) is 48.0 Å². The largest absolute Gasteiger partial charge is 0.471 e. The average Bonchev–Trinajstić information content (AvgIpc) is 2.44. The normalized spacial score (nSPS) is 10.8. The molecule has 2 atom stereocenters. The molecule has 4 heteroatoms. The van der Waals surface area contributed by atoms with Crippen molar-refractivity contribution in [2.75, 3.05) is 14.2 Å². The Labute approximate surface area is 107 Å². The maximum atomic E-state index is 10.3. The zero-order valence-corrected chi connectivity index (χ0v) is 12.7. The molecule has 0 bridgehead atoms.